The number of nitrogens with one attached hydrogen (secondary N) is 1. The Balaban J connectivity index is 2.07. The summed E-state index contributed by atoms with van der Waals surface area (Å²) in [5.41, 5.74) is 0.117. The van der Waals surface area contributed by atoms with Crippen LogP contribution in [-0.2, 0) is 6.54 Å². The second-order valence-electron chi connectivity index (χ2n) is 3.01. The molecule has 6 heteroatoms. The van der Waals surface area contributed by atoms with E-state index in [1.807, 2.05) is 0 Å². The smallest absolute Gasteiger partial charge is 0.181 e. The molecule has 0 bridgehead atoms. The minimum absolute atomic E-state index is 0.117. The highest BCUT2D eigenvalue weighted by Crippen LogP contribution is 2.21. The fraction of sp³-hybridized carbons (Fsp3) is 0.100. The van der Waals surface area contributed by atoms with Crippen LogP contribution in [0.4, 0.5) is 14.5 Å². The topological polar surface area (TPSA) is 24.9 Å². The highest BCUT2D eigenvalue weighted by Gasteiger charge is 2.07. The van der Waals surface area contributed by atoms with E-state index in [1.165, 1.54) is 29.7 Å². The van der Waals surface area contributed by atoms with Crippen molar-refractivity contribution in [1.82, 2.24) is 4.98 Å². The van der Waals surface area contributed by atoms with E-state index >= 15 is 0 Å². The van der Waals surface area contributed by atoms with Crippen LogP contribution in [-0.4, -0.2) is 4.98 Å². The zero-order valence-corrected chi connectivity index (χ0v) is 9.58. The Morgan fingerprint density at radius 3 is 2.88 bits per heavy atom. The van der Waals surface area contributed by atoms with Gasteiger partial charge in [-0.2, -0.15) is 0 Å². The predicted octanol–water partition coefficient (Wildman–Crippen LogP) is 3.69. The van der Waals surface area contributed by atoms with Crippen molar-refractivity contribution < 1.29 is 8.78 Å². The molecule has 1 aromatic heterocycles. The molecule has 2 nitrogen and oxygen atoms in total. The van der Waals surface area contributed by atoms with E-state index in [-0.39, 0.29) is 5.69 Å². The van der Waals surface area contributed by atoms with Gasteiger partial charge in [-0.25, -0.2) is 13.8 Å². The third-order valence-electron chi connectivity index (χ3n) is 1.91. The van der Waals surface area contributed by atoms with E-state index in [4.69, 9.17) is 11.6 Å². The van der Waals surface area contributed by atoms with E-state index in [2.05, 4.69) is 10.3 Å². The molecule has 1 aromatic carbocycles. The van der Waals surface area contributed by atoms with Crippen molar-refractivity contribution >= 4 is 28.6 Å². The first-order chi connectivity index (χ1) is 7.66. The van der Waals surface area contributed by atoms with E-state index < -0.39 is 11.6 Å². The lowest BCUT2D eigenvalue weighted by atomic mass is 10.3. The number of benzene rings is 1. The summed E-state index contributed by atoms with van der Waals surface area (Å²) in [6.45, 7) is 0.317. The van der Waals surface area contributed by atoms with Gasteiger partial charge in [-0.1, -0.05) is 17.7 Å². The van der Waals surface area contributed by atoms with Crippen molar-refractivity contribution in [1.29, 1.82) is 0 Å². The molecule has 0 aliphatic heterocycles. The SMILES string of the molecule is Fc1cccc(NCc2ncc(Cl)s2)c1F. The van der Waals surface area contributed by atoms with Gasteiger partial charge < -0.3 is 5.32 Å². The van der Waals surface area contributed by atoms with E-state index in [9.17, 15) is 8.78 Å². The number of hydrogen-bond acceptors (Lipinski definition) is 3. The first-order valence-electron chi connectivity index (χ1n) is 4.45. The average Bonchev–Trinajstić information content (AvgIpc) is 2.67. The minimum Gasteiger partial charge on any atom is -0.376 e. The molecule has 0 radical (unpaired) electrons. The Hall–Kier alpha value is -1.20. The van der Waals surface area contributed by atoms with Gasteiger partial charge in [0.05, 0.1) is 18.4 Å². The Labute approximate surface area is 99.9 Å². The summed E-state index contributed by atoms with van der Waals surface area (Å²) in [6, 6.07) is 3.98. The van der Waals surface area contributed by atoms with Gasteiger partial charge >= 0.3 is 0 Å². The molecule has 1 N–H and O–H groups in total. The fourth-order valence-corrected chi connectivity index (χ4v) is 2.08. The molecule has 1 heterocycles. The highest BCUT2D eigenvalue weighted by molar-refractivity contribution is 7.15. The standard InChI is InChI=1S/C10H7ClF2N2S/c11-8-4-15-9(16-8)5-14-7-3-1-2-6(12)10(7)13/h1-4,14H,5H2. The Morgan fingerprint density at radius 2 is 2.19 bits per heavy atom. The summed E-state index contributed by atoms with van der Waals surface area (Å²) < 4.78 is 26.7. The van der Waals surface area contributed by atoms with Crippen LogP contribution in [0.1, 0.15) is 5.01 Å². The molecular weight excluding hydrogens is 254 g/mol. The van der Waals surface area contributed by atoms with Crippen molar-refractivity contribution in [2.24, 2.45) is 0 Å². The van der Waals surface area contributed by atoms with E-state index in [0.29, 0.717) is 15.9 Å². The van der Waals surface area contributed by atoms with Gasteiger partial charge in [-0.15, -0.1) is 11.3 Å². The normalized spacial score (nSPS) is 10.4. The molecule has 0 aliphatic rings. The molecule has 2 aromatic rings. The van der Waals surface area contributed by atoms with Crippen LogP contribution < -0.4 is 5.32 Å². The Kier molecular flexibility index (Phi) is 3.36. The molecule has 16 heavy (non-hydrogen) atoms. The second kappa shape index (κ2) is 4.76. The summed E-state index contributed by atoms with van der Waals surface area (Å²) in [5.74, 6) is -1.76. The van der Waals surface area contributed by atoms with Crippen LogP contribution >= 0.6 is 22.9 Å². The zero-order valence-electron chi connectivity index (χ0n) is 8.01. The van der Waals surface area contributed by atoms with Crippen LogP contribution in [0.5, 0.6) is 0 Å². The number of hydrogen-bond donors (Lipinski definition) is 1. The zero-order chi connectivity index (χ0) is 11.5. The maximum Gasteiger partial charge on any atom is 0.181 e. The second-order valence-corrected chi connectivity index (χ2v) is 4.76. The average molecular weight is 261 g/mol. The first-order valence-corrected chi connectivity index (χ1v) is 5.64. The Bertz CT molecular complexity index is 501. The molecule has 0 saturated heterocycles. The molecule has 0 spiro atoms. The number of thiazole rings is 1. The van der Waals surface area contributed by atoms with Crippen molar-refractivity contribution in [3.05, 3.63) is 45.4 Å². The van der Waals surface area contributed by atoms with Crippen LogP contribution in [0, 0.1) is 11.6 Å². The lowest BCUT2D eigenvalue weighted by Gasteiger charge is -2.05. The Morgan fingerprint density at radius 1 is 1.38 bits per heavy atom. The van der Waals surface area contributed by atoms with Crippen molar-refractivity contribution in [2.75, 3.05) is 5.32 Å². The molecule has 0 aliphatic carbocycles. The van der Waals surface area contributed by atoms with Crippen LogP contribution in [0.2, 0.25) is 4.34 Å². The van der Waals surface area contributed by atoms with Crippen molar-refractivity contribution in [2.45, 2.75) is 6.54 Å². The summed E-state index contributed by atoms with van der Waals surface area (Å²) in [4.78, 5) is 3.99. The van der Waals surface area contributed by atoms with Gasteiger partial charge in [0.1, 0.15) is 9.34 Å². The van der Waals surface area contributed by atoms with Gasteiger partial charge in [0.15, 0.2) is 11.6 Å². The summed E-state index contributed by atoms with van der Waals surface area (Å²) in [6.07, 6.45) is 1.52. The van der Waals surface area contributed by atoms with Gasteiger partial charge in [-0.05, 0) is 12.1 Å². The summed E-state index contributed by atoms with van der Waals surface area (Å²) in [5, 5.41) is 3.47. The third-order valence-corrected chi connectivity index (χ3v) is 3.02. The van der Waals surface area contributed by atoms with Gasteiger partial charge in [0.25, 0.3) is 0 Å². The molecule has 84 valence electrons. The fourth-order valence-electron chi connectivity index (χ4n) is 1.18. The van der Waals surface area contributed by atoms with Crippen LogP contribution in [0.3, 0.4) is 0 Å². The summed E-state index contributed by atoms with van der Waals surface area (Å²) >= 11 is 6.99. The molecule has 0 atom stereocenters. The van der Waals surface area contributed by atoms with Gasteiger partial charge in [0.2, 0.25) is 0 Å². The number of rotatable bonds is 3. The maximum atomic E-state index is 13.2. The van der Waals surface area contributed by atoms with Crippen molar-refractivity contribution in [3.63, 3.8) is 0 Å². The number of anilines is 1. The van der Waals surface area contributed by atoms with Crippen LogP contribution in [0.25, 0.3) is 0 Å². The quantitative estimate of drug-likeness (QED) is 0.910. The highest BCUT2D eigenvalue weighted by atomic mass is 35.5. The molecule has 2 rings (SSSR count). The van der Waals surface area contributed by atoms with Crippen molar-refractivity contribution in [3.8, 4) is 0 Å². The molecular formula is C10H7ClF2N2S. The van der Waals surface area contributed by atoms with Gasteiger partial charge in [-0.3, -0.25) is 0 Å². The lowest BCUT2D eigenvalue weighted by molar-refractivity contribution is 0.511. The molecule has 0 saturated carbocycles. The monoisotopic (exact) mass is 260 g/mol. The minimum atomic E-state index is -0.884. The molecule has 0 fully saturated rings. The molecule has 0 amide bonds. The maximum absolute atomic E-state index is 13.2. The van der Waals surface area contributed by atoms with E-state index in [0.717, 1.165) is 6.07 Å². The number of halogens is 3. The predicted molar refractivity (Wildman–Crippen MR) is 60.8 cm³/mol. The van der Waals surface area contributed by atoms with Crippen LogP contribution in [0.15, 0.2) is 24.4 Å². The summed E-state index contributed by atoms with van der Waals surface area (Å²) in [7, 11) is 0. The largest absolute Gasteiger partial charge is 0.376 e. The van der Waals surface area contributed by atoms with E-state index in [1.54, 1.807) is 0 Å². The number of aromatic nitrogens is 1. The first kappa shape index (κ1) is 11.3. The molecule has 0 unspecified atom stereocenters. The third kappa shape index (κ3) is 2.48. The van der Waals surface area contributed by atoms with Gasteiger partial charge in [0, 0.05) is 0 Å². The lowest BCUT2D eigenvalue weighted by Crippen LogP contribution is -2.02. The number of nitrogens with zero attached hydrogens (tertiary/aromatic N) is 1.